The van der Waals surface area contributed by atoms with Crippen molar-refractivity contribution < 1.29 is 9.53 Å². The second-order valence-electron chi connectivity index (χ2n) is 5.19. The summed E-state index contributed by atoms with van der Waals surface area (Å²) in [6.45, 7) is 5.20. The molecule has 0 fully saturated rings. The van der Waals surface area contributed by atoms with Crippen molar-refractivity contribution >= 4 is 5.91 Å². The number of carbonyl (C=O) groups is 1. The SMILES string of the molecule is Cc1ccc(CNC(=O)COCc2ccccc2)c(C)c1. The monoisotopic (exact) mass is 283 g/mol. The zero-order chi connectivity index (χ0) is 15.1. The summed E-state index contributed by atoms with van der Waals surface area (Å²) in [6, 6.07) is 16.1. The Morgan fingerprint density at radius 2 is 1.86 bits per heavy atom. The molecule has 0 spiro atoms. The number of aryl methyl sites for hydroxylation is 2. The predicted octanol–water partition coefficient (Wildman–Crippen LogP) is 3.14. The van der Waals surface area contributed by atoms with Crippen LogP contribution < -0.4 is 5.32 Å². The topological polar surface area (TPSA) is 38.3 Å². The second kappa shape index (κ2) is 7.60. The Labute approximate surface area is 126 Å². The van der Waals surface area contributed by atoms with Crippen LogP contribution in [0.2, 0.25) is 0 Å². The highest BCUT2D eigenvalue weighted by Gasteiger charge is 2.04. The third-order valence-corrected chi connectivity index (χ3v) is 3.32. The van der Waals surface area contributed by atoms with Crippen LogP contribution in [0.4, 0.5) is 0 Å². The summed E-state index contributed by atoms with van der Waals surface area (Å²) in [5, 5.41) is 2.88. The Hall–Kier alpha value is -2.13. The van der Waals surface area contributed by atoms with Crippen molar-refractivity contribution in [3.05, 3.63) is 70.8 Å². The van der Waals surface area contributed by atoms with Crippen molar-refractivity contribution in [3.63, 3.8) is 0 Å². The maximum Gasteiger partial charge on any atom is 0.246 e. The number of benzene rings is 2. The minimum atomic E-state index is -0.0918. The summed E-state index contributed by atoms with van der Waals surface area (Å²) in [5.41, 5.74) is 4.63. The van der Waals surface area contributed by atoms with Crippen molar-refractivity contribution in [2.24, 2.45) is 0 Å². The Morgan fingerprint density at radius 3 is 2.57 bits per heavy atom. The van der Waals surface area contributed by atoms with Gasteiger partial charge < -0.3 is 10.1 Å². The molecule has 0 aromatic heterocycles. The fraction of sp³-hybridized carbons (Fsp3) is 0.278. The highest BCUT2D eigenvalue weighted by molar-refractivity contribution is 5.77. The van der Waals surface area contributed by atoms with E-state index in [0.29, 0.717) is 13.2 Å². The van der Waals surface area contributed by atoms with Gasteiger partial charge in [-0.05, 0) is 30.5 Å². The number of hydrogen-bond acceptors (Lipinski definition) is 2. The lowest BCUT2D eigenvalue weighted by atomic mass is 10.1. The first-order valence-electron chi connectivity index (χ1n) is 7.09. The third kappa shape index (κ3) is 5.04. The molecule has 0 saturated carbocycles. The smallest absolute Gasteiger partial charge is 0.246 e. The lowest BCUT2D eigenvalue weighted by Crippen LogP contribution is -2.27. The maximum absolute atomic E-state index is 11.7. The molecule has 0 aliphatic carbocycles. The van der Waals surface area contributed by atoms with Crippen molar-refractivity contribution in [2.45, 2.75) is 27.0 Å². The Balaban J connectivity index is 1.72. The van der Waals surface area contributed by atoms with Gasteiger partial charge in [0, 0.05) is 6.54 Å². The largest absolute Gasteiger partial charge is 0.367 e. The number of amides is 1. The molecule has 3 nitrogen and oxygen atoms in total. The summed E-state index contributed by atoms with van der Waals surface area (Å²) in [7, 11) is 0. The summed E-state index contributed by atoms with van der Waals surface area (Å²) in [6.07, 6.45) is 0. The molecular weight excluding hydrogens is 262 g/mol. The summed E-state index contributed by atoms with van der Waals surface area (Å²) >= 11 is 0. The van der Waals surface area contributed by atoms with Crippen LogP contribution in [0.5, 0.6) is 0 Å². The summed E-state index contributed by atoms with van der Waals surface area (Å²) in [5.74, 6) is -0.0918. The molecule has 2 rings (SSSR count). The van der Waals surface area contributed by atoms with Crippen LogP contribution >= 0.6 is 0 Å². The number of nitrogens with one attached hydrogen (secondary N) is 1. The first-order valence-corrected chi connectivity index (χ1v) is 7.09. The molecule has 2 aromatic carbocycles. The molecule has 2 aromatic rings. The van der Waals surface area contributed by atoms with Gasteiger partial charge in [-0.15, -0.1) is 0 Å². The van der Waals surface area contributed by atoms with Gasteiger partial charge in [0.25, 0.3) is 0 Å². The minimum Gasteiger partial charge on any atom is -0.367 e. The van der Waals surface area contributed by atoms with E-state index in [0.717, 1.165) is 11.1 Å². The molecule has 0 aliphatic rings. The van der Waals surface area contributed by atoms with Crippen molar-refractivity contribution in [1.82, 2.24) is 5.32 Å². The van der Waals surface area contributed by atoms with E-state index in [2.05, 4.69) is 37.4 Å². The molecular formula is C18H21NO2. The van der Waals surface area contributed by atoms with E-state index < -0.39 is 0 Å². The fourth-order valence-corrected chi connectivity index (χ4v) is 2.12. The second-order valence-corrected chi connectivity index (χ2v) is 5.19. The van der Waals surface area contributed by atoms with Crippen LogP contribution in [-0.4, -0.2) is 12.5 Å². The van der Waals surface area contributed by atoms with Gasteiger partial charge in [0.15, 0.2) is 0 Å². The number of rotatable bonds is 6. The summed E-state index contributed by atoms with van der Waals surface area (Å²) in [4.78, 5) is 11.7. The zero-order valence-corrected chi connectivity index (χ0v) is 12.6. The predicted molar refractivity (Wildman–Crippen MR) is 83.9 cm³/mol. The van der Waals surface area contributed by atoms with E-state index in [4.69, 9.17) is 4.74 Å². The maximum atomic E-state index is 11.7. The molecule has 0 bridgehead atoms. The molecule has 1 N–H and O–H groups in total. The van der Waals surface area contributed by atoms with Gasteiger partial charge in [-0.1, -0.05) is 54.1 Å². The Kier molecular flexibility index (Phi) is 5.52. The first-order chi connectivity index (χ1) is 10.1. The lowest BCUT2D eigenvalue weighted by molar-refractivity contribution is -0.126. The van der Waals surface area contributed by atoms with Crippen molar-refractivity contribution in [2.75, 3.05) is 6.61 Å². The van der Waals surface area contributed by atoms with Gasteiger partial charge in [-0.25, -0.2) is 0 Å². The van der Waals surface area contributed by atoms with Gasteiger partial charge in [-0.3, -0.25) is 4.79 Å². The van der Waals surface area contributed by atoms with Crippen LogP contribution in [0.3, 0.4) is 0 Å². The van der Waals surface area contributed by atoms with E-state index in [1.54, 1.807) is 0 Å². The molecule has 110 valence electrons. The van der Waals surface area contributed by atoms with Gasteiger partial charge in [0.1, 0.15) is 6.61 Å². The van der Waals surface area contributed by atoms with E-state index >= 15 is 0 Å². The summed E-state index contributed by atoms with van der Waals surface area (Å²) < 4.78 is 5.41. The van der Waals surface area contributed by atoms with E-state index in [1.165, 1.54) is 11.1 Å². The number of carbonyl (C=O) groups excluding carboxylic acids is 1. The average Bonchev–Trinajstić information content (AvgIpc) is 2.47. The normalized spacial score (nSPS) is 10.4. The van der Waals surface area contributed by atoms with E-state index in [1.807, 2.05) is 30.3 Å². The Morgan fingerprint density at radius 1 is 1.10 bits per heavy atom. The molecule has 0 atom stereocenters. The van der Waals surface area contributed by atoms with Crippen molar-refractivity contribution in [1.29, 1.82) is 0 Å². The minimum absolute atomic E-state index is 0.0831. The molecule has 0 heterocycles. The van der Waals surface area contributed by atoms with Gasteiger partial charge in [0.2, 0.25) is 5.91 Å². The average molecular weight is 283 g/mol. The highest BCUT2D eigenvalue weighted by Crippen LogP contribution is 2.10. The standard InChI is InChI=1S/C18H21NO2/c1-14-8-9-17(15(2)10-14)11-19-18(20)13-21-12-16-6-4-3-5-7-16/h3-10H,11-13H2,1-2H3,(H,19,20). The fourth-order valence-electron chi connectivity index (χ4n) is 2.12. The quantitative estimate of drug-likeness (QED) is 0.884. The molecule has 0 radical (unpaired) electrons. The van der Waals surface area contributed by atoms with Crippen LogP contribution in [0, 0.1) is 13.8 Å². The molecule has 3 heteroatoms. The lowest BCUT2D eigenvalue weighted by Gasteiger charge is -2.09. The highest BCUT2D eigenvalue weighted by atomic mass is 16.5. The number of hydrogen-bond donors (Lipinski definition) is 1. The molecule has 1 amide bonds. The van der Waals surface area contributed by atoms with Crippen molar-refractivity contribution in [3.8, 4) is 0 Å². The van der Waals surface area contributed by atoms with Crippen LogP contribution in [0.25, 0.3) is 0 Å². The zero-order valence-electron chi connectivity index (χ0n) is 12.6. The van der Waals surface area contributed by atoms with Gasteiger partial charge in [0.05, 0.1) is 6.61 Å². The molecule has 0 saturated heterocycles. The van der Waals surface area contributed by atoms with Crippen LogP contribution in [0.15, 0.2) is 48.5 Å². The van der Waals surface area contributed by atoms with Crippen LogP contribution in [0.1, 0.15) is 22.3 Å². The Bertz CT molecular complexity index is 593. The van der Waals surface area contributed by atoms with E-state index in [-0.39, 0.29) is 12.5 Å². The van der Waals surface area contributed by atoms with E-state index in [9.17, 15) is 4.79 Å². The van der Waals surface area contributed by atoms with Crippen LogP contribution in [-0.2, 0) is 22.7 Å². The van der Waals surface area contributed by atoms with Gasteiger partial charge in [-0.2, -0.15) is 0 Å². The first kappa shape index (κ1) is 15.3. The molecule has 0 unspecified atom stereocenters. The van der Waals surface area contributed by atoms with Gasteiger partial charge >= 0.3 is 0 Å². The number of ether oxygens (including phenoxy) is 1. The third-order valence-electron chi connectivity index (χ3n) is 3.32. The molecule has 0 aliphatic heterocycles. The molecule has 21 heavy (non-hydrogen) atoms.